The van der Waals surface area contributed by atoms with E-state index in [1.807, 2.05) is 0 Å². The van der Waals surface area contributed by atoms with Gasteiger partial charge in [0, 0.05) is 21.1 Å². The zero-order valence-corrected chi connectivity index (χ0v) is 17.1. The molecule has 0 aromatic heterocycles. The molecule has 27 heavy (non-hydrogen) atoms. The minimum atomic E-state index is -3.92. The fourth-order valence-corrected chi connectivity index (χ4v) is 4.32. The Kier molecular flexibility index (Phi) is 5.95. The molecule has 0 aliphatic rings. The third-order valence-corrected chi connectivity index (χ3v) is 6.47. The van der Waals surface area contributed by atoms with E-state index in [9.17, 15) is 13.2 Å². The van der Waals surface area contributed by atoms with E-state index in [0.717, 1.165) is 4.47 Å². The average molecular weight is 462 g/mol. The Bertz CT molecular complexity index is 1090. The van der Waals surface area contributed by atoms with Gasteiger partial charge in [-0.2, -0.15) is 0 Å². The molecule has 0 saturated heterocycles. The Labute approximate surface area is 171 Å². The molecule has 0 aliphatic heterocycles. The molecule has 0 heterocycles. The van der Waals surface area contributed by atoms with Crippen LogP contribution in [-0.4, -0.2) is 14.2 Å². The Balaban J connectivity index is 2.15. The van der Waals surface area contributed by atoms with Crippen LogP contribution in [0.25, 0.3) is 4.91 Å². The molecule has 6 heteroatoms. The summed E-state index contributed by atoms with van der Waals surface area (Å²) in [6.45, 7) is 0. The van der Waals surface area contributed by atoms with Crippen LogP contribution < -0.4 is 0 Å². The predicted octanol–water partition coefficient (Wildman–Crippen LogP) is 5.80. The monoisotopic (exact) mass is 460 g/mol. The number of carbonyl (C=O) groups is 1. The van der Waals surface area contributed by atoms with Crippen LogP contribution >= 0.6 is 27.5 Å². The molecule has 0 spiro atoms. The van der Waals surface area contributed by atoms with Gasteiger partial charge < -0.3 is 0 Å². The molecule has 3 rings (SSSR count). The van der Waals surface area contributed by atoms with Gasteiger partial charge >= 0.3 is 0 Å². The minimum Gasteiger partial charge on any atom is -0.289 e. The van der Waals surface area contributed by atoms with Gasteiger partial charge in [-0.1, -0.05) is 70.0 Å². The Hall–Kier alpha value is -2.21. The number of benzene rings is 3. The quantitative estimate of drug-likeness (QED) is 0.356. The second-order valence-corrected chi connectivity index (χ2v) is 8.97. The first-order valence-electron chi connectivity index (χ1n) is 7.95. The molecular weight excluding hydrogens is 448 g/mol. The molecular formula is C21H14BrClO3S. The molecule has 3 aromatic carbocycles. The molecule has 3 nitrogen and oxygen atoms in total. The van der Waals surface area contributed by atoms with E-state index in [4.69, 9.17) is 11.6 Å². The summed E-state index contributed by atoms with van der Waals surface area (Å²) < 4.78 is 27.3. The highest BCUT2D eigenvalue weighted by Crippen LogP contribution is 2.30. The highest BCUT2D eigenvalue weighted by Gasteiger charge is 2.24. The van der Waals surface area contributed by atoms with Gasteiger partial charge in [0.2, 0.25) is 9.84 Å². The standard InChI is InChI=1S/C21H14BrClO3S/c22-17-8-6-16(7-9-17)21(14-20(24)15-4-2-1-3-5-15)27(25,26)19-12-10-18(23)11-13-19/h1-14H. The van der Waals surface area contributed by atoms with Crippen LogP contribution in [0.15, 0.2) is 94.3 Å². The Morgan fingerprint density at radius 1 is 0.815 bits per heavy atom. The van der Waals surface area contributed by atoms with E-state index < -0.39 is 9.84 Å². The average Bonchev–Trinajstić information content (AvgIpc) is 2.68. The molecule has 0 amide bonds. The lowest BCUT2D eigenvalue weighted by molar-refractivity contribution is 0.104. The van der Waals surface area contributed by atoms with Crippen LogP contribution in [0.3, 0.4) is 0 Å². The molecule has 0 radical (unpaired) electrons. The van der Waals surface area contributed by atoms with E-state index in [1.54, 1.807) is 54.6 Å². The van der Waals surface area contributed by atoms with Gasteiger partial charge in [0.25, 0.3) is 0 Å². The minimum absolute atomic E-state index is 0.0637. The summed E-state index contributed by atoms with van der Waals surface area (Å²) in [6.07, 6.45) is 1.17. The maximum absolute atomic E-state index is 13.2. The number of hydrogen-bond acceptors (Lipinski definition) is 3. The van der Waals surface area contributed by atoms with Crippen molar-refractivity contribution in [1.29, 1.82) is 0 Å². The normalized spacial score (nSPS) is 12.0. The molecule has 0 unspecified atom stereocenters. The SMILES string of the molecule is O=C(C=C(c1ccc(Br)cc1)S(=O)(=O)c1ccc(Cl)cc1)c1ccccc1. The fraction of sp³-hybridized carbons (Fsp3) is 0. The first-order valence-corrected chi connectivity index (χ1v) is 10.6. The molecule has 0 aliphatic carbocycles. The van der Waals surface area contributed by atoms with E-state index in [-0.39, 0.29) is 15.6 Å². The Morgan fingerprint density at radius 2 is 1.41 bits per heavy atom. The second-order valence-electron chi connectivity index (χ2n) is 5.70. The lowest BCUT2D eigenvalue weighted by Gasteiger charge is -2.10. The van der Waals surface area contributed by atoms with E-state index in [0.29, 0.717) is 16.1 Å². The van der Waals surface area contributed by atoms with Crippen molar-refractivity contribution in [2.75, 3.05) is 0 Å². The largest absolute Gasteiger partial charge is 0.289 e. The summed E-state index contributed by atoms with van der Waals surface area (Å²) in [7, 11) is -3.92. The van der Waals surface area contributed by atoms with Crippen LogP contribution in [0.1, 0.15) is 15.9 Å². The van der Waals surface area contributed by atoms with E-state index in [2.05, 4.69) is 15.9 Å². The second kappa shape index (κ2) is 8.21. The first-order chi connectivity index (χ1) is 12.9. The number of halogens is 2. The van der Waals surface area contributed by atoms with Gasteiger partial charge in [-0.3, -0.25) is 4.79 Å². The highest BCUT2D eigenvalue weighted by molar-refractivity contribution is 9.10. The van der Waals surface area contributed by atoms with Gasteiger partial charge in [-0.15, -0.1) is 0 Å². The summed E-state index contributed by atoms with van der Waals surface area (Å²) in [4.78, 5) is 12.7. The van der Waals surface area contributed by atoms with Crippen molar-refractivity contribution in [2.45, 2.75) is 4.90 Å². The van der Waals surface area contributed by atoms with Crippen molar-refractivity contribution < 1.29 is 13.2 Å². The lowest BCUT2D eigenvalue weighted by Crippen LogP contribution is -2.07. The summed E-state index contributed by atoms with van der Waals surface area (Å²) in [5.41, 5.74) is 0.843. The van der Waals surface area contributed by atoms with Crippen LogP contribution in [-0.2, 0) is 9.84 Å². The van der Waals surface area contributed by atoms with Crippen molar-refractivity contribution in [3.63, 3.8) is 0 Å². The molecule has 3 aromatic rings. The Morgan fingerprint density at radius 3 is 2.00 bits per heavy atom. The molecule has 0 atom stereocenters. The topological polar surface area (TPSA) is 51.2 Å². The van der Waals surface area contributed by atoms with Crippen LogP contribution in [0.5, 0.6) is 0 Å². The van der Waals surface area contributed by atoms with Crippen LogP contribution in [0, 0.1) is 0 Å². The van der Waals surface area contributed by atoms with Crippen LogP contribution in [0.4, 0.5) is 0 Å². The molecule has 0 N–H and O–H groups in total. The van der Waals surface area contributed by atoms with E-state index in [1.165, 1.54) is 30.3 Å². The maximum atomic E-state index is 13.2. The summed E-state index contributed by atoms with van der Waals surface area (Å²) in [5, 5.41) is 0.434. The zero-order valence-electron chi connectivity index (χ0n) is 14.0. The highest BCUT2D eigenvalue weighted by atomic mass is 79.9. The maximum Gasteiger partial charge on any atom is 0.207 e. The van der Waals surface area contributed by atoms with Crippen molar-refractivity contribution in [1.82, 2.24) is 0 Å². The van der Waals surface area contributed by atoms with Crippen molar-refractivity contribution in [3.8, 4) is 0 Å². The van der Waals surface area contributed by atoms with Crippen molar-refractivity contribution in [3.05, 3.63) is 106 Å². The lowest BCUT2D eigenvalue weighted by atomic mass is 10.1. The van der Waals surface area contributed by atoms with Gasteiger partial charge in [0.05, 0.1) is 9.80 Å². The van der Waals surface area contributed by atoms with E-state index >= 15 is 0 Å². The zero-order chi connectivity index (χ0) is 19.4. The summed E-state index contributed by atoms with van der Waals surface area (Å²) >= 11 is 9.21. The van der Waals surface area contributed by atoms with Crippen molar-refractivity contribution in [2.24, 2.45) is 0 Å². The third kappa shape index (κ3) is 4.56. The number of hydrogen-bond donors (Lipinski definition) is 0. The number of sulfone groups is 1. The predicted molar refractivity (Wildman–Crippen MR) is 112 cm³/mol. The van der Waals surface area contributed by atoms with Gasteiger partial charge in [-0.25, -0.2) is 8.42 Å². The summed E-state index contributed by atoms with van der Waals surface area (Å²) in [6, 6.07) is 21.2. The number of carbonyl (C=O) groups excluding carboxylic acids is 1. The van der Waals surface area contributed by atoms with Crippen molar-refractivity contribution >= 4 is 48.1 Å². The number of ketones is 1. The summed E-state index contributed by atoms with van der Waals surface area (Å²) in [5.74, 6) is -0.383. The number of allylic oxidation sites excluding steroid dienone is 1. The smallest absolute Gasteiger partial charge is 0.207 e. The molecule has 0 fully saturated rings. The molecule has 0 saturated carbocycles. The third-order valence-electron chi connectivity index (χ3n) is 3.86. The van der Waals surface area contributed by atoms with Crippen LogP contribution in [0.2, 0.25) is 5.02 Å². The van der Waals surface area contributed by atoms with Gasteiger partial charge in [-0.05, 0) is 42.0 Å². The van der Waals surface area contributed by atoms with Gasteiger partial charge in [0.1, 0.15) is 0 Å². The fourth-order valence-electron chi connectivity index (χ4n) is 2.48. The first kappa shape index (κ1) is 19.5. The van der Waals surface area contributed by atoms with Gasteiger partial charge in [0.15, 0.2) is 5.78 Å². The molecule has 136 valence electrons. The molecule has 0 bridgehead atoms. The number of rotatable bonds is 5.